The molecular weight excluding hydrogens is 486 g/mol. The second-order valence-corrected chi connectivity index (χ2v) is 10.7. The van der Waals surface area contributed by atoms with Crippen LogP contribution in [-0.4, -0.2) is 45.9 Å². The zero-order chi connectivity index (χ0) is 27.7. The van der Waals surface area contributed by atoms with E-state index in [-0.39, 0.29) is 33.9 Å². The van der Waals surface area contributed by atoms with Crippen molar-refractivity contribution in [2.75, 3.05) is 20.1 Å². The Bertz CT molecular complexity index is 1410. The third-order valence-corrected chi connectivity index (χ3v) is 8.34. The van der Waals surface area contributed by atoms with Gasteiger partial charge in [0.2, 0.25) is 0 Å². The zero-order valence-electron chi connectivity index (χ0n) is 22.6. The Morgan fingerprint density at radius 1 is 1.26 bits per heavy atom. The SMILES string of the molecule is C=C(/C=C(\N=NC)c1c(F)cccc1F)[C@@H]1CC[C@@](C)(CN(CC)C(=O)c2cnc3nc[nH]c3c2)C1(C)C. The number of fused-ring (bicyclic) bond motifs is 1. The number of aromatic amines is 1. The highest BCUT2D eigenvalue weighted by Crippen LogP contribution is 2.58. The lowest BCUT2D eigenvalue weighted by molar-refractivity contribution is 0.0421. The van der Waals surface area contributed by atoms with E-state index in [2.05, 4.69) is 52.5 Å². The number of nitrogens with one attached hydrogen (secondary N) is 1. The number of benzene rings is 1. The lowest BCUT2D eigenvalue weighted by atomic mass is 9.64. The van der Waals surface area contributed by atoms with Gasteiger partial charge in [-0.2, -0.15) is 10.2 Å². The first-order chi connectivity index (χ1) is 18.0. The van der Waals surface area contributed by atoms with Crippen LogP contribution in [0.2, 0.25) is 0 Å². The second kappa shape index (κ2) is 10.6. The molecule has 2 aromatic heterocycles. The van der Waals surface area contributed by atoms with E-state index in [0.29, 0.717) is 29.8 Å². The Morgan fingerprint density at radius 3 is 2.63 bits per heavy atom. The Morgan fingerprint density at radius 2 is 1.97 bits per heavy atom. The van der Waals surface area contributed by atoms with Crippen LogP contribution in [0.4, 0.5) is 8.78 Å². The third kappa shape index (κ3) is 4.89. The van der Waals surface area contributed by atoms with Gasteiger partial charge in [0, 0.05) is 26.3 Å². The number of imidazole rings is 1. The molecule has 2 atom stereocenters. The van der Waals surface area contributed by atoms with E-state index in [9.17, 15) is 13.6 Å². The molecule has 0 aliphatic heterocycles. The summed E-state index contributed by atoms with van der Waals surface area (Å²) in [6, 6.07) is 5.50. The molecule has 7 nitrogen and oxygen atoms in total. The lowest BCUT2D eigenvalue weighted by Gasteiger charge is -2.45. The van der Waals surface area contributed by atoms with Gasteiger partial charge >= 0.3 is 0 Å². The molecule has 1 aliphatic rings. The van der Waals surface area contributed by atoms with Crippen molar-refractivity contribution in [3.05, 3.63) is 77.8 Å². The summed E-state index contributed by atoms with van der Waals surface area (Å²) >= 11 is 0. The van der Waals surface area contributed by atoms with Crippen molar-refractivity contribution in [1.29, 1.82) is 0 Å². The van der Waals surface area contributed by atoms with Crippen LogP contribution < -0.4 is 0 Å². The van der Waals surface area contributed by atoms with Crippen LogP contribution in [0.25, 0.3) is 16.9 Å². The van der Waals surface area contributed by atoms with Gasteiger partial charge in [-0.1, -0.05) is 33.4 Å². The monoisotopic (exact) mass is 520 g/mol. The van der Waals surface area contributed by atoms with Crippen LogP contribution in [0, 0.1) is 28.4 Å². The van der Waals surface area contributed by atoms with Gasteiger partial charge in [0.15, 0.2) is 5.65 Å². The number of hydrogen-bond acceptors (Lipinski definition) is 5. The number of aromatic nitrogens is 3. The molecule has 1 amide bonds. The summed E-state index contributed by atoms with van der Waals surface area (Å²) < 4.78 is 29.1. The Labute approximate surface area is 221 Å². The smallest absolute Gasteiger partial charge is 0.255 e. The predicted octanol–water partition coefficient (Wildman–Crippen LogP) is 6.82. The standard InChI is InChI=1S/C29H34F2N6O/c1-7-37(27(38)19-14-24-26(33-15-19)35-17-34-24)16-29(5)12-11-20(28(29,3)4)18(2)13-23(36-32-6)25-21(30)9-8-10-22(25)31/h8-10,13-15,17,20H,2,7,11-12,16H2,1,3-6H3,(H,33,34,35)/b23-13-,36-32?/t20-,29-/m0/s1. The molecule has 9 heteroatoms. The Kier molecular flexibility index (Phi) is 7.58. The number of carbonyl (C=O) groups is 1. The van der Waals surface area contributed by atoms with E-state index in [0.717, 1.165) is 18.4 Å². The molecule has 1 aromatic carbocycles. The number of carbonyl (C=O) groups excluding carboxylic acids is 1. The first kappa shape index (κ1) is 27.3. The van der Waals surface area contributed by atoms with E-state index in [1.165, 1.54) is 25.2 Å². The molecule has 0 saturated heterocycles. The van der Waals surface area contributed by atoms with Gasteiger partial charge in [-0.15, -0.1) is 0 Å². The molecule has 1 N–H and O–H groups in total. The molecule has 0 spiro atoms. The van der Waals surface area contributed by atoms with E-state index >= 15 is 0 Å². The summed E-state index contributed by atoms with van der Waals surface area (Å²) in [5, 5.41) is 7.81. The van der Waals surface area contributed by atoms with Gasteiger partial charge in [-0.25, -0.2) is 18.7 Å². The summed E-state index contributed by atoms with van der Waals surface area (Å²) in [5.41, 5.74) is 1.89. The largest absolute Gasteiger partial charge is 0.343 e. The highest BCUT2D eigenvalue weighted by atomic mass is 19.1. The van der Waals surface area contributed by atoms with Crippen LogP contribution in [-0.2, 0) is 0 Å². The minimum Gasteiger partial charge on any atom is -0.343 e. The molecule has 38 heavy (non-hydrogen) atoms. The van der Waals surface area contributed by atoms with Gasteiger partial charge in [-0.3, -0.25) is 4.79 Å². The average molecular weight is 521 g/mol. The molecule has 4 rings (SSSR count). The number of amides is 1. The first-order valence-corrected chi connectivity index (χ1v) is 12.8. The molecule has 1 saturated carbocycles. The van der Waals surface area contributed by atoms with E-state index in [4.69, 9.17) is 0 Å². The number of rotatable bonds is 8. The maximum absolute atomic E-state index is 14.5. The number of allylic oxidation sites excluding steroid dienone is 2. The van der Waals surface area contributed by atoms with Gasteiger partial charge in [0.1, 0.15) is 11.6 Å². The molecule has 200 valence electrons. The molecule has 1 fully saturated rings. The molecule has 2 heterocycles. The number of pyridine rings is 1. The van der Waals surface area contributed by atoms with Crippen LogP contribution in [0.3, 0.4) is 0 Å². The van der Waals surface area contributed by atoms with Crippen molar-refractivity contribution in [2.24, 2.45) is 27.0 Å². The van der Waals surface area contributed by atoms with E-state index in [1.54, 1.807) is 24.7 Å². The second-order valence-electron chi connectivity index (χ2n) is 10.7. The number of halogens is 2. The lowest BCUT2D eigenvalue weighted by Crippen LogP contribution is -2.46. The molecule has 3 aromatic rings. The predicted molar refractivity (Wildman–Crippen MR) is 144 cm³/mol. The van der Waals surface area contributed by atoms with Gasteiger partial charge in [-0.05, 0) is 66.4 Å². The molecule has 0 bridgehead atoms. The molecular formula is C29H34F2N6O. The van der Waals surface area contributed by atoms with Crippen molar-refractivity contribution in [1.82, 2.24) is 19.9 Å². The summed E-state index contributed by atoms with van der Waals surface area (Å²) in [5.74, 6) is -1.48. The van der Waals surface area contributed by atoms with E-state index in [1.807, 2.05) is 11.8 Å². The molecule has 1 aliphatic carbocycles. The van der Waals surface area contributed by atoms with Gasteiger partial charge < -0.3 is 9.88 Å². The topological polar surface area (TPSA) is 86.6 Å². The van der Waals surface area contributed by atoms with Crippen molar-refractivity contribution in [3.63, 3.8) is 0 Å². The van der Waals surface area contributed by atoms with Gasteiger partial charge in [0.05, 0.1) is 28.7 Å². The first-order valence-electron chi connectivity index (χ1n) is 12.8. The third-order valence-electron chi connectivity index (χ3n) is 8.34. The summed E-state index contributed by atoms with van der Waals surface area (Å²) in [4.78, 5) is 26.7. The number of azo groups is 1. The van der Waals surface area contributed by atoms with Crippen LogP contribution >= 0.6 is 0 Å². The van der Waals surface area contributed by atoms with Crippen molar-refractivity contribution in [3.8, 4) is 0 Å². The fourth-order valence-corrected chi connectivity index (χ4v) is 5.65. The maximum Gasteiger partial charge on any atom is 0.255 e. The fraction of sp³-hybridized carbons (Fsp3) is 0.414. The van der Waals surface area contributed by atoms with E-state index < -0.39 is 11.6 Å². The van der Waals surface area contributed by atoms with Crippen LogP contribution in [0.5, 0.6) is 0 Å². The quantitative estimate of drug-likeness (QED) is 0.261. The summed E-state index contributed by atoms with van der Waals surface area (Å²) in [6.45, 7) is 13.9. The molecule has 0 radical (unpaired) electrons. The van der Waals surface area contributed by atoms with Crippen LogP contribution in [0.1, 0.15) is 56.5 Å². The normalized spacial score (nSPS) is 21.3. The number of nitrogens with zero attached hydrogens (tertiary/aromatic N) is 5. The fourth-order valence-electron chi connectivity index (χ4n) is 5.65. The highest BCUT2D eigenvalue weighted by molar-refractivity contribution is 5.96. The molecule has 0 unspecified atom stereocenters. The van der Waals surface area contributed by atoms with Crippen LogP contribution in [0.15, 0.2) is 65.2 Å². The van der Waals surface area contributed by atoms with Crippen molar-refractivity contribution < 1.29 is 13.6 Å². The number of hydrogen-bond donors (Lipinski definition) is 1. The maximum atomic E-state index is 14.5. The Balaban J connectivity index is 1.59. The van der Waals surface area contributed by atoms with Crippen molar-refractivity contribution in [2.45, 2.75) is 40.5 Å². The summed E-state index contributed by atoms with van der Waals surface area (Å²) in [6.07, 6.45) is 6.44. The summed E-state index contributed by atoms with van der Waals surface area (Å²) in [7, 11) is 1.46. The Hall–Kier alpha value is -3.75. The number of H-pyrrole nitrogens is 1. The average Bonchev–Trinajstić information content (AvgIpc) is 3.43. The zero-order valence-corrected chi connectivity index (χ0v) is 22.6. The highest BCUT2D eigenvalue weighted by Gasteiger charge is 2.52. The van der Waals surface area contributed by atoms with Gasteiger partial charge in [0.25, 0.3) is 5.91 Å². The van der Waals surface area contributed by atoms with Crippen molar-refractivity contribution >= 4 is 22.8 Å². The minimum absolute atomic E-state index is 0.0150. The minimum atomic E-state index is -0.702.